The molecule has 0 aliphatic carbocycles. The number of hydrogen-bond donors (Lipinski definition) is 3. The predicted molar refractivity (Wildman–Crippen MR) is 53.1 cm³/mol. The molecule has 10 heavy (non-hydrogen) atoms. The summed E-state index contributed by atoms with van der Waals surface area (Å²) in [6.07, 6.45) is 3.96. The largest absolute Gasteiger partial charge is 0.404 e. The van der Waals surface area contributed by atoms with E-state index < -0.39 is 0 Å². The van der Waals surface area contributed by atoms with E-state index in [0.717, 1.165) is 11.3 Å². The molecular formula is C6H12N2S2. The maximum absolute atomic E-state index is 5.20. The van der Waals surface area contributed by atoms with E-state index in [0.29, 0.717) is 0 Å². The number of thiol groups is 2. The average Bonchev–Trinajstić information content (AvgIpc) is 1.88. The van der Waals surface area contributed by atoms with Crippen LogP contribution in [0.5, 0.6) is 0 Å². The SMILES string of the molecule is C/N=C\C(S)C/C(S)=C/N. The number of aliphatic imine (C=N–C) groups is 1. The standard InChI is InChI=1S/C6H12N2S2/c1-8-4-6(10)2-5(9)3-7/h3-4,6,9-10H,2,7H2,1H3/b5-3-,8-4-. The van der Waals surface area contributed by atoms with E-state index in [-0.39, 0.29) is 5.25 Å². The molecule has 0 spiro atoms. The van der Waals surface area contributed by atoms with E-state index in [9.17, 15) is 0 Å². The van der Waals surface area contributed by atoms with Crippen LogP contribution in [-0.4, -0.2) is 18.5 Å². The van der Waals surface area contributed by atoms with E-state index in [4.69, 9.17) is 5.73 Å². The Hall–Kier alpha value is -0.0900. The lowest BCUT2D eigenvalue weighted by Gasteiger charge is -2.01. The summed E-state index contributed by atoms with van der Waals surface area (Å²) in [5.74, 6) is 0. The van der Waals surface area contributed by atoms with E-state index >= 15 is 0 Å². The highest BCUT2D eigenvalue weighted by Crippen LogP contribution is 2.10. The average molecular weight is 176 g/mol. The molecule has 1 unspecified atom stereocenters. The van der Waals surface area contributed by atoms with Crippen LogP contribution in [0.4, 0.5) is 0 Å². The molecule has 0 aromatic carbocycles. The number of allylic oxidation sites excluding steroid dienone is 1. The molecule has 0 bridgehead atoms. The van der Waals surface area contributed by atoms with Gasteiger partial charge < -0.3 is 5.73 Å². The maximum atomic E-state index is 5.20. The summed E-state index contributed by atoms with van der Waals surface area (Å²) < 4.78 is 0. The minimum Gasteiger partial charge on any atom is -0.404 e. The molecule has 0 saturated heterocycles. The zero-order valence-electron chi connectivity index (χ0n) is 5.86. The van der Waals surface area contributed by atoms with Crippen molar-refractivity contribution in [2.75, 3.05) is 7.05 Å². The topological polar surface area (TPSA) is 38.4 Å². The Labute approximate surface area is 72.4 Å². The second-order valence-electron chi connectivity index (χ2n) is 1.84. The summed E-state index contributed by atoms with van der Waals surface area (Å²) in [5, 5.41) is 0.122. The molecule has 0 aromatic heterocycles. The Morgan fingerprint density at radius 3 is 2.80 bits per heavy atom. The molecule has 0 aliphatic heterocycles. The third-order valence-corrected chi connectivity index (χ3v) is 1.58. The van der Waals surface area contributed by atoms with Crippen LogP contribution in [0, 0.1) is 0 Å². The van der Waals surface area contributed by atoms with Crippen LogP contribution in [-0.2, 0) is 0 Å². The van der Waals surface area contributed by atoms with Gasteiger partial charge in [0.05, 0.1) is 0 Å². The van der Waals surface area contributed by atoms with Gasteiger partial charge in [0.15, 0.2) is 0 Å². The molecule has 0 aromatic rings. The van der Waals surface area contributed by atoms with Crippen LogP contribution in [0.1, 0.15) is 6.42 Å². The van der Waals surface area contributed by atoms with Gasteiger partial charge in [-0.1, -0.05) is 0 Å². The smallest absolute Gasteiger partial charge is 0.0411 e. The molecule has 58 valence electrons. The Kier molecular flexibility index (Phi) is 5.63. The van der Waals surface area contributed by atoms with Crippen molar-refractivity contribution < 1.29 is 0 Å². The molecule has 0 aliphatic rings. The van der Waals surface area contributed by atoms with Crippen molar-refractivity contribution in [3.63, 3.8) is 0 Å². The van der Waals surface area contributed by atoms with E-state index in [1.807, 2.05) is 0 Å². The van der Waals surface area contributed by atoms with Crippen LogP contribution in [0.3, 0.4) is 0 Å². The normalized spacial score (nSPS) is 16.1. The maximum Gasteiger partial charge on any atom is 0.0411 e. The van der Waals surface area contributed by atoms with Gasteiger partial charge in [0, 0.05) is 24.7 Å². The first-order valence-electron chi connectivity index (χ1n) is 2.90. The van der Waals surface area contributed by atoms with E-state index in [1.165, 1.54) is 6.20 Å². The number of nitrogens with two attached hydrogens (primary N) is 1. The molecule has 0 amide bonds. The van der Waals surface area contributed by atoms with Gasteiger partial charge in [0.25, 0.3) is 0 Å². The molecule has 4 heteroatoms. The summed E-state index contributed by atoms with van der Waals surface area (Å²) in [6, 6.07) is 0. The van der Waals surface area contributed by atoms with Crippen LogP contribution in [0.25, 0.3) is 0 Å². The molecule has 1 atom stereocenters. The molecule has 0 radical (unpaired) electrons. The van der Waals surface area contributed by atoms with Crippen molar-refractivity contribution in [1.29, 1.82) is 0 Å². The zero-order chi connectivity index (χ0) is 7.98. The highest BCUT2D eigenvalue weighted by molar-refractivity contribution is 7.84. The molecule has 2 N–H and O–H groups in total. The summed E-state index contributed by atoms with van der Waals surface area (Å²) in [5.41, 5.74) is 5.20. The van der Waals surface area contributed by atoms with Crippen molar-refractivity contribution in [3.05, 3.63) is 11.1 Å². The lowest BCUT2D eigenvalue weighted by atomic mass is 10.3. The van der Waals surface area contributed by atoms with Crippen molar-refractivity contribution in [2.45, 2.75) is 11.7 Å². The van der Waals surface area contributed by atoms with E-state index in [1.54, 1.807) is 13.3 Å². The molecule has 2 nitrogen and oxygen atoms in total. The minimum atomic E-state index is 0.122. The van der Waals surface area contributed by atoms with Gasteiger partial charge in [-0.3, -0.25) is 4.99 Å². The van der Waals surface area contributed by atoms with Crippen molar-refractivity contribution >= 4 is 31.5 Å². The van der Waals surface area contributed by atoms with Gasteiger partial charge in [-0.15, -0.1) is 12.6 Å². The molecular weight excluding hydrogens is 164 g/mol. The van der Waals surface area contributed by atoms with Gasteiger partial charge in [-0.05, 0) is 11.3 Å². The summed E-state index contributed by atoms with van der Waals surface area (Å²) in [7, 11) is 1.72. The fraction of sp³-hybridized carbons (Fsp3) is 0.500. The number of rotatable bonds is 3. The first-order valence-corrected chi connectivity index (χ1v) is 3.87. The number of nitrogens with zero attached hydrogens (tertiary/aromatic N) is 1. The van der Waals surface area contributed by atoms with Crippen LogP contribution in [0.15, 0.2) is 16.1 Å². The quantitative estimate of drug-likeness (QED) is 0.437. The third kappa shape index (κ3) is 4.76. The van der Waals surface area contributed by atoms with Crippen LogP contribution >= 0.6 is 25.3 Å². The van der Waals surface area contributed by atoms with Crippen LogP contribution in [0.2, 0.25) is 0 Å². The lowest BCUT2D eigenvalue weighted by Crippen LogP contribution is -2.00. The fourth-order valence-corrected chi connectivity index (χ4v) is 1.18. The van der Waals surface area contributed by atoms with E-state index in [2.05, 4.69) is 30.2 Å². The summed E-state index contributed by atoms with van der Waals surface area (Å²) >= 11 is 8.30. The van der Waals surface area contributed by atoms with Crippen molar-refractivity contribution in [2.24, 2.45) is 10.7 Å². The monoisotopic (exact) mass is 176 g/mol. The van der Waals surface area contributed by atoms with Gasteiger partial charge in [-0.25, -0.2) is 0 Å². The highest BCUT2D eigenvalue weighted by Gasteiger charge is 1.98. The molecule has 0 rings (SSSR count). The Morgan fingerprint density at radius 1 is 1.80 bits per heavy atom. The van der Waals surface area contributed by atoms with Crippen molar-refractivity contribution in [3.8, 4) is 0 Å². The van der Waals surface area contributed by atoms with Gasteiger partial charge in [0.1, 0.15) is 0 Å². The molecule has 0 fully saturated rings. The second kappa shape index (κ2) is 5.68. The zero-order valence-corrected chi connectivity index (χ0v) is 7.65. The minimum absolute atomic E-state index is 0.122. The Morgan fingerprint density at radius 2 is 2.40 bits per heavy atom. The fourth-order valence-electron chi connectivity index (χ4n) is 0.507. The van der Waals surface area contributed by atoms with Gasteiger partial charge in [0.2, 0.25) is 0 Å². The lowest BCUT2D eigenvalue weighted by molar-refractivity contribution is 1.11. The predicted octanol–water partition coefficient (Wildman–Crippen LogP) is 1.11. The molecule has 0 heterocycles. The Balaban J connectivity index is 3.68. The number of hydrogen-bond acceptors (Lipinski definition) is 4. The third-order valence-electron chi connectivity index (χ3n) is 0.932. The summed E-state index contributed by atoms with van der Waals surface area (Å²) in [6.45, 7) is 0. The Bertz CT molecular complexity index is 143. The van der Waals surface area contributed by atoms with Crippen LogP contribution < -0.4 is 5.73 Å². The summed E-state index contributed by atoms with van der Waals surface area (Å²) in [4.78, 5) is 4.65. The van der Waals surface area contributed by atoms with Gasteiger partial charge >= 0.3 is 0 Å². The molecule has 0 saturated carbocycles. The highest BCUT2D eigenvalue weighted by atomic mass is 32.1. The first-order chi connectivity index (χ1) is 4.70. The van der Waals surface area contributed by atoms with Crippen molar-refractivity contribution in [1.82, 2.24) is 0 Å². The van der Waals surface area contributed by atoms with Gasteiger partial charge in [-0.2, -0.15) is 12.6 Å². The first kappa shape index (κ1) is 9.91. The second-order valence-corrected chi connectivity index (χ2v) is 3.07.